The maximum Gasteiger partial charge on any atom is 3.00 e. The number of rotatable bonds is 0. The molecule has 4 aromatic carbocycles. The Balaban J connectivity index is 0.00000144. The fourth-order valence-electron chi connectivity index (χ4n) is 5.59. The molecular formula is C32H18AlFN8+2. The first-order chi connectivity index (χ1) is 19.8. The zero-order chi connectivity index (χ0) is 26.2. The first-order valence-electron chi connectivity index (χ1n) is 13.0. The number of nitrogens with zero attached hydrogens (tertiary/aromatic N) is 6. The molecule has 0 atom stereocenters. The van der Waals surface area contributed by atoms with Crippen molar-refractivity contribution in [3.8, 4) is 45.6 Å². The SMILES string of the molecule is [Al+3].[F-].c1ccc2c(c1)-c1nc-2nc2[nH]c(nc3nc(nc4[nH]c(n1)c1ccccc41)-c1ccccc1-3)c1ccccc21. The molecular weight excluding hydrogens is 542 g/mol. The van der Waals surface area contributed by atoms with Gasteiger partial charge >= 0.3 is 17.4 Å². The van der Waals surface area contributed by atoms with Crippen LogP contribution in [0.15, 0.2) is 97.1 Å². The number of nitrogens with one attached hydrogen (secondary N) is 2. The van der Waals surface area contributed by atoms with E-state index < -0.39 is 0 Å². The smallest absolute Gasteiger partial charge is 1.00 e. The van der Waals surface area contributed by atoms with Crippen LogP contribution in [0.1, 0.15) is 0 Å². The minimum Gasteiger partial charge on any atom is -1.00 e. The van der Waals surface area contributed by atoms with Gasteiger partial charge < -0.3 is 14.7 Å². The van der Waals surface area contributed by atoms with E-state index in [2.05, 4.69) is 9.97 Å². The van der Waals surface area contributed by atoms with E-state index in [0.29, 0.717) is 45.9 Å². The summed E-state index contributed by atoms with van der Waals surface area (Å²) in [6.45, 7) is 0. The number of aromatic amines is 2. The number of hydrogen-bond donors (Lipinski definition) is 2. The molecule has 3 aromatic heterocycles. The third-order valence-electron chi connectivity index (χ3n) is 7.46. The minimum atomic E-state index is 0. The van der Waals surface area contributed by atoms with Gasteiger partial charge in [-0.1, -0.05) is 97.1 Å². The van der Waals surface area contributed by atoms with E-state index in [1.165, 1.54) is 0 Å². The van der Waals surface area contributed by atoms with Crippen molar-refractivity contribution in [2.45, 2.75) is 0 Å². The Morgan fingerprint density at radius 3 is 0.833 bits per heavy atom. The van der Waals surface area contributed by atoms with E-state index in [1.54, 1.807) is 0 Å². The van der Waals surface area contributed by atoms with Gasteiger partial charge in [0.2, 0.25) is 0 Å². The summed E-state index contributed by atoms with van der Waals surface area (Å²) in [6.07, 6.45) is 0. The summed E-state index contributed by atoms with van der Waals surface area (Å²) in [7, 11) is 0. The Kier molecular flexibility index (Phi) is 5.90. The molecule has 2 aliphatic heterocycles. The predicted octanol–water partition coefficient (Wildman–Crippen LogP) is 3.49. The number of H-pyrrole nitrogens is 2. The molecule has 0 spiro atoms. The zero-order valence-corrected chi connectivity index (χ0v) is 23.0. The van der Waals surface area contributed by atoms with E-state index in [0.717, 1.165) is 43.8 Å². The van der Waals surface area contributed by atoms with Gasteiger partial charge in [0.25, 0.3) is 0 Å². The van der Waals surface area contributed by atoms with Crippen LogP contribution in [0.3, 0.4) is 0 Å². The molecule has 0 aliphatic carbocycles. The predicted molar refractivity (Wildman–Crippen MR) is 162 cm³/mol. The Morgan fingerprint density at radius 2 is 0.571 bits per heavy atom. The third kappa shape index (κ3) is 3.74. The fraction of sp³-hybridized carbons (Fsp3) is 0. The molecule has 42 heavy (non-hydrogen) atoms. The van der Waals surface area contributed by atoms with Crippen LogP contribution in [0.5, 0.6) is 0 Å². The topological polar surface area (TPSA) is 109 Å². The van der Waals surface area contributed by atoms with Crippen LogP contribution in [-0.4, -0.2) is 57.2 Å². The maximum atomic E-state index is 5.02. The summed E-state index contributed by atoms with van der Waals surface area (Å²) in [5, 5.41) is 3.82. The summed E-state index contributed by atoms with van der Waals surface area (Å²) in [5.41, 5.74) is 6.45. The van der Waals surface area contributed by atoms with Gasteiger partial charge in [-0.15, -0.1) is 0 Å². The minimum absolute atomic E-state index is 0. The molecule has 2 N–H and O–H groups in total. The number of fused-ring (bicyclic) bond motifs is 20. The van der Waals surface area contributed by atoms with Gasteiger partial charge in [0.15, 0.2) is 23.3 Å². The van der Waals surface area contributed by atoms with Crippen molar-refractivity contribution in [3.63, 3.8) is 0 Å². The van der Waals surface area contributed by atoms with Crippen LogP contribution in [-0.2, 0) is 0 Å². The summed E-state index contributed by atoms with van der Waals surface area (Å²) >= 11 is 0. The number of aromatic nitrogens is 8. The van der Waals surface area contributed by atoms with E-state index in [9.17, 15) is 0 Å². The van der Waals surface area contributed by atoms with E-state index >= 15 is 0 Å². The Hall–Kier alpha value is -5.30. The van der Waals surface area contributed by atoms with Gasteiger partial charge in [0.05, 0.1) is 0 Å². The van der Waals surface area contributed by atoms with E-state index in [4.69, 9.17) is 29.9 Å². The largest absolute Gasteiger partial charge is 3.00 e. The number of benzene rings is 4. The molecule has 0 fully saturated rings. The van der Waals surface area contributed by atoms with Crippen LogP contribution in [0.4, 0.5) is 0 Å². The number of hydrogen-bond acceptors (Lipinski definition) is 6. The van der Waals surface area contributed by atoms with Crippen LogP contribution >= 0.6 is 0 Å². The van der Waals surface area contributed by atoms with Gasteiger partial charge in [-0.2, -0.15) is 0 Å². The standard InChI is InChI=1S/C32H18N8.Al.FH/c1-2-10-18-17(9-1)25-33-26(18)38-28-21-13-5-6-14-22(21)30(35-28)40-32-24-16-8-7-15-23(24)31(36-32)39-29-20-12-4-3-11-19(20)27(34-29)37-25;;/h1-16H,(H2,33,34,35,36,37,38,39,40);;1H/q;+3;/p-1. The summed E-state index contributed by atoms with van der Waals surface area (Å²) in [6, 6.07) is 32.2. The third-order valence-corrected chi connectivity index (χ3v) is 7.46. The van der Waals surface area contributed by atoms with Gasteiger partial charge in [0.1, 0.15) is 22.6 Å². The summed E-state index contributed by atoms with van der Waals surface area (Å²) in [4.78, 5) is 36.8. The van der Waals surface area contributed by atoms with Crippen LogP contribution < -0.4 is 4.70 Å². The van der Waals surface area contributed by atoms with E-state index in [1.807, 2.05) is 97.1 Å². The van der Waals surface area contributed by atoms with Crippen LogP contribution in [0.25, 0.3) is 89.7 Å². The molecule has 0 saturated carbocycles. The maximum absolute atomic E-state index is 5.02. The first kappa shape index (κ1) is 25.7. The summed E-state index contributed by atoms with van der Waals surface area (Å²) < 4.78 is 0. The normalized spacial score (nSPS) is 11.4. The summed E-state index contributed by atoms with van der Waals surface area (Å²) in [5.74, 6) is 2.39. The van der Waals surface area contributed by atoms with Crippen molar-refractivity contribution < 1.29 is 4.70 Å². The van der Waals surface area contributed by atoms with Crippen LogP contribution in [0, 0.1) is 0 Å². The average molecular weight is 561 g/mol. The van der Waals surface area contributed by atoms with Crippen molar-refractivity contribution in [3.05, 3.63) is 97.1 Å². The molecule has 0 radical (unpaired) electrons. The van der Waals surface area contributed by atoms with Gasteiger partial charge in [-0.05, 0) is 0 Å². The second-order valence-corrected chi connectivity index (χ2v) is 9.79. The van der Waals surface area contributed by atoms with Gasteiger partial charge in [0, 0.05) is 43.8 Å². The molecule has 7 aromatic rings. The molecule has 194 valence electrons. The average Bonchev–Trinajstić information content (AvgIpc) is 3.73. The zero-order valence-electron chi connectivity index (χ0n) is 21.9. The molecule has 5 heterocycles. The quantitative estimate of drug-likeness (QED) is 0.275. The molecule has 0 amide bonds. The molecule has 8 nitrogen and oxygen atoms in total. The molecule has 8 bridgehead atoms. The van der Waals surface area contributed by atoms with Gasteiger partial charge in [-0.3, -0.25) is 0 Å². The molecule has 0 saturated heterocycles. The number of halogens is 1. The van der Waals surface area contributed by atoms with Crippen molar-refractivity contribution in [1.29, 1.82) is 0 Å². The monoisotopic (exact) mass is 560 g/mol. The van der Waals surface area contributed by atoms with Crippen molar-refractivity contribution in [2.75, 3.05) is 0 Å². The molecule has 0 unspecified atom stereocenters. The van der Waals surface area contributed by atoms with Crippen LogP contribution in [0.2, 0.25) is 0 Å². The van der Waals surface area contributed by atoms with Crippen molar-refractivity contribution >= 4 is 61.5 Å². The second kappa shape index (κ2) is 9.66. The van der Waals surface area contributed by atoms with Gasteiger partial charge in [-0.25, -0.2) is 29.9 Å². The van der Waals surface area contributed by atoms with E-state index in [-0.39, 0.29) is 22.1 Å². The van der Waals surface area contributed by atoms with Crippen molar-refractivity contribution in [1.82, 2.24) is 39.9 Å². The molecule has 10 heteroatoms. The molecule has 2 aliphatic rings. The Labute approximate surface area is 248 Å². The van der Waals surface area contributed by atoms with Crippen molar-refractivity contribution in [2.24, 2.45) is 0 Å². The second-order valence-electron chi connectivity index (χ2n) is 9.79. The Morgan fingerprint density at radius 1 is 0.333 bits per heavy atom. The first-order valence-corrected chi connectivity index (χ1v) is 13.0. The molecule has 9 rings (SSSR count). The Bertz CT molecular complexity index is 2040. The fourth-order valence-corrected chi connectivity index (χ4v) is 5.59.